The highest BCUT2D eigenvalue weighted by Crippen LogP contribution is 2.27. The maximum atomic E-state index is 12.3. The minimum absolute atomic E-state index is 0.0483. The number of ether oxygens (including phenoxy) is 1. The van der Waals surface area contributed by atoms with Crippen LogP contribution in [0.25, 0.3) is 10.8 Å². The van der Waals surface area contributed by atoms with E-state index in [2.05, 4.69) is 10.5 Å². The molecule has 0 aliphatic carbocycles. The van der Waals surface area contributed by atoms with Crippen molar-refractivity contribution in [1.29, 1.82) is 0 Å². The van der Waals surface area contributed by atoms with E-state index in [-0.39, 0.29) is 12.0 Å². The molecule has 4 nitrogen and oxygen atoms in total. The van der Waals surface area contributed by atoms with Gasteiger partial charge in [-0.1, -0.05) is 54.1 Å². The molecule has 28 heavy (non-hydrogen) atoms. The quantitative estimate of drug-likeness (QED) is 0.491. The van der Waals surface area contributed by atoms with Gasteiger partial charge in [-0.05, 0) is 55.7 Å². The van der Waals surface area contributed by atoms with Crippen LogP contribution in [-0.2, 0) is 11.2 Å². The largest absolute Gasteiger partial charge is 0.490 e. The van der Waals surface area contributed by atoms with Crippen LogP contribution in [0.4, 0.5) is 0 Å². The van der Waals surface area contributed by atoms with Crippen molar-refractivity contribution in [2.75, 3.05) is 0 Å². The van der Waals surface area contributed by atoms with E-state index in [0.717, 1.165) is 38.8 Å². The number of aryl methyl sites for hydroxylation is 2. The van der Waals surface area contributed by atoms with E-state index in [1.165, 1.54) is 0 Å². The van der Waals surface area contributed by atoms with E-state index in [1.54, 1.807) is 6.21 Å². The molecule has 4 heteroatoms. The monoisotopic (exact) mass is 374 g/mol. The second-order valence-corrected chi connectivity index (χ2v) is 7.27. The molecule has 0 aromatic heterocycles. The molecule has 3 aromatic rings. The zero-order chi connectivity index (χ0) is 20.1. The Morgan fingerprint density at radius 3 is 2.68 bits per heavy atom. The normalized spacial score (nSPS) is 11.3. The first-order valence-corrected chi connectivity index (χ1v) is 9.50. The molecule has 1 N–H and O–H groups in total. The van der Waals surface area contributed by atoms with E-state index < -0.39 is 0 Å². The average Bonchev–Trinajstić information content (AvgIpc) is 2.66. The van der Waals surface area contributed by atoms with Gasteiger partial charge in [0.1, 0.15) is 5.75 Å². The number of hydrogen-bond donors (Lipinski definition) is 1. The summed E-state index contributed by atoms with van der Waals surface area (Å²) in [7, 11) is 0. The van der Waals surface area contributed by atoms with Crippen LogP contribution in [0.5, 0.6) is 5.75 Å². The van der Waals surface area contributed by atoms with Crippen molar-refractivity contribution in [3.8, 4) is 5.75 Å². The first kappa shape index (κ1) is 19.6. The van der Waals surface area contributed by atoms with E-state index >= 15 is 0 Å². The van der Waals surface area contributed by atoms with Gasteiger partial charge in [0.2, 0.25) is 5.91 Å². The number of amides is 1. The highest BCUT2D eigenvalue weighted by atomic mass is 16.5. The number of hydrazone groups is 1. The molecule has 0 fully saturated rings. The maximum absolute atomic E-state index is 12.3. The number of nitrogens with one attached hydrogen (secondary N) is 1. The lowest BCUT2D eigenvalue weighted by molar-refractivity contribution is -0.120. The second-order valence-electron chi connectivity index (χ2n) is 7.27. The van der Waals surface area contributed by atoms with Gasteiger partial charge >= 0.3 is 0 Å². The lowest BCUT2D eigenvalue weighted by Crippen LogP contribution is -2.20. The van der Waals surface area contributed by atoms with Crippen LogP contribution in [0.15, 0.2) is 59.7 Å². The smallest absolute Gasteiger partial charge is 0.244 e. The van der Waals surface area contributed by atoms with E-state index in [0.29, 0.717) is 6.42 Å². The Balaban J connectivity index is 1.80. The Labute approximate surface area is 166 Å². The van der Waals surface area contributed by atoms with Crippen molar-refractivity contribution in [2.24, 2.45) is 5.10 Å². The zero-order valence-corrected chi connectivity index (χ0v) is 16.8. The Kier molecular flexibility index (Phi) is 6.09. The molecule has 144 valence electrons. The van der Waals surface area contributed by atoms with Crippen molar-refractivity contribution in [2.45, 2.75) is 40.2 Å². The number of hydrogen-bond acceptors (Lipinski definition) is 3. The highest BCUT2D eigenvalue weighted by Gasteiger charge is 2.09. The van der Waals surface area contributed by atoms with Gasteiger partial charge in [0.25, 0.3) is 0 Å². The summed E-state index contributed by atoms with van der Waals surface area (Å²) in [6.45, 7) is 8.01. The number of benzene rings is 3. The molecule has 0 spiro atoms. The number of fused-ring (bicyclic) bond motifs is 1. The molecule has 0 atom stereocenters. The molecule has 3 rings (SSSR count). The first-order valence-electron chi connectivity index (χ1n) is 9.50. The molecule has 0 saturated carbocycles. The van der Waals surface area contributed by atoms with Crippen LogP contribution in [0, 0.1) is 13.8 Å². The zero-order valence-electron chi connectivity index (χ0n) is 16.8. The Bertz CT molecular complexity index is 1020. The summed E-state index contributed by atoms with van der Waals surface area (Å²) in [4.78, 5) is 12.3. The lowest BCUT2D eigenvalue weighted by atomic mass is 10.0. The number of carbonyl (C=O) groups excluding carboxylic acids is 1. The SMILES string of the molecule is Cc1ccc(C)c(CC(=O)N/N=C\c2c(OC(C)C)ccc3ccccc23)c1. The summed E-state index contributed by atoms with van der Waals surface area (Å²) in [5.74, 6) is 0.609. The van der Waals surface area contributed by atoms with Crippen LogP contribution in [-0.4, -0.2) is 18.2 Å². The first-order chi connectivity index (χ1) is 13.4. The molecule has 0 aliphatic heterocycles. The second kappa shape index (κ2) is 8.70. The van der Waals surface area contributed by atoms with Crippen LogP contribution in [0.2, 0.25) is 0 Å². The summed E-state index contributed by atoms with van der Waals surface area (Å²) in [6, 6.07) is 18.2. The third-order valence-electron chi connectivity index (χ3n) is 4.53. The van der Waals surface area contributed by atoms with Gasteiger partial charge in [-0.2, -0.15) is 5.10 Å². The predicted molar refractivity (Wildman–Crippen MR) is 115 cm³/mol. The minimum atomic E-state index is -0.142. The van der Waals surface area contributed by atoms with Gasteiger partial charge in [-0.15, -0.1) is 0 Å². The molecular formula is C24H26N2O2. The van der Waals surface area contributed by atoms with E-state index in [9.17, 15) is 4.79 Å². The molecule has 0 saturated heterocycles. The third kappa shape index (κ3) is 4.77. The van der Waals surface area contributed by atoms with Gasteiger partial charge in [0, 0.05) is 5.56 Å². The van der Waals surface area contributed by atoms with E-state index in [4.69, 9.17) is 4.74 Å². The van der Waals surface area contributed by atoms with Crippen molar-refractivity contribution in [1.82, 2.24) is 5.43 Å². The molecule has 0 radical (unpaired) electrons. The van der Waals surface area contributed by atoms with Crippen LogP contribution >= 0.6 is 0 Å². The minimum Gasteiger partial charge on any atom is -0.490 e. The summed E-state index contributed by atoms with van der Waals surface area (Å²) < 4.78 is 5.93. The van der Waals surface area contributed by atoms with Crippen molar-refractivity contribution in [3.63, 3.8) is 0 Å². The summed E-state index contributed by atoms with van der Waals surface area (Å²) >= 11 is 0. The van der Waals surface area contributed by atoms with Crippen LogP contribution in [0.3, 0.4) is 0 Å². The Morgan fingerprint density at radius 1 is 1.11 bits per heavy atom. The van der Waals surface area contributed by atoms with Gasteiger partial charge < -0.3 is 4.74 Å². The van der Waals surface area contributed by atoms with Crippen LogP contribution < -0.4 is 10.2 Å². The molecule has 3 aromatic carbocycles. The average molecular weight is 374 g/mol. The molecule has 0 unspecified atom stereocenters. The van der Waals surface area contributed by atoms with Crippen molar-refractivity contribution >= 4 is 22.9 Å². The van der Waals surface area contributed by atoms with Gasteiger partial charge in [-0.3, -0.25) is 4.79 Å². The number of nitrogens with zero attached hydrogens (tertiary/aromatic N) is 1. The number of rotatable bonds is 6. The van der Waals surface area contributed by atoms with Crippen LogP contribution in [0.1, 0.15) is 36.1 Å². The lowest BCUT2D eigenvalue weighted by Gasteiger charge is -2.14. The van der Waals surface area contributed by atoms with Gasteiger partial charge in [-0.25, -0.2) is 5.43 Å². The summed E-state index contributed by atoms with van der Waals surface area (Å²) in [6.07, 6.45) is 2.02. The molecule has 0 bridgehead atoms. The van der Waals surface area contributed by atoms with Gasteiger partial charge in [0.15, 0.2) is 0 Å². The predicted octanol–water partition coefficient (Wildman–Crippen LogP) is 4.94. The molecule has 0 heterocycles. The van der Waals surface area contributed by atoms with Crippen molar-refractivity contribution in [3.05, 3.63) is 76.9 Å². The fraction of sp³-hybridized carbons (Fsp3) is 0.250. The fourth-order valence-electron chi connectivity index (χ4n) is 3.14. The molecule has 1 amide bonds. The molecular weight excluding hydrogens is 348 g/mol. The van der Waals surface area contributed by atoms with Gasteiger partial charge in [0.05, 0.1) is 18.7 Å². The fourth-order valence-corrected chi connectivity index (χ4v) is 3.14. The highest BCUT2D eigenvalue weighted by molar-refractivity contribution is 6.02. The topological polar surface area (TPSA) is 50.7 Å². The third-order valence-corrected chi connectivity index (χ3v) is 4.53. The Morgan fingerprint density at radius 2 is 1.89 bits per heavy atom. The maximum Gasteiger partial charge on any atom is 0.244 e. The summed E-state index contributed by atoms with van der Waals surface area (Å²) in [5.41, 5.74) is 6.77. The number of carbonyl (C=O) groups is 1. The van der Waals surface area contributed by atoms with Crippen molar-refractivity contribution < 1.29 is 9.53 Å². The molecule has 0 aliphatic rings. The summed E-state index contributed by atoms with van der Waals surface area (Å²) in [5, 5.41) is 6.34. The van der Waals surface area contributed by atoms with E-state index in [1.807, 2.05) is 82.3 Å². The standard InChI is InChI=1S/C24H26N2O2/c1-16(2)28-23-12-11-19-7-5-6-8-21(19)22(23)15-25-26-24(27)14-20-13-17(3)9-10-18(20)4/h5-13,15-16H,14H2,1-4H3,(H,26,27)/b25-15-. The Hall–Kier alpha value is -3.14.